The number of piperidine rings is 1. The second-order valence-electron chi connectivity index (χ2n) is 5.29. The quantitative estimate of drug-likeness (QED) is 0.770. The fraction of sp³-hybridized carbons (Fsp3) is 0.467. The predicted molar refractivity (Wildman–Crippen MR) is 70.3 cm³/mol. The minimum atomic E-state index is -0.0459. The van der Waals surface area contributed by atoms with E-state index in [1.54, 1.807) is 4.90 Å². The van der Waals surface area contributed by atoms with E-state index in [2.05, 4.69) is 0 Å². The number of likely N-dealkylation sites (tertiary alicyclic amines) is 1. The second kappa shape index (κ2) is 4.68. The van der Waals surface area contributed by atoms with E-state index in [0.717, 1.165) is 17.7 Å². The standard InChI is InChI=1S/C15H17NO3/c1-10-9-16(6-4-13(10)17)15(18)12-2-3-14-11(8-12)5-7-19-14/h2-3,8,10H,4-7,9H2,1H3. The van der Waals surface area contributed by atoms with Crippen LogP contribution in [-0.4, -0.2) is 36.3 Å². The van der Waals surface area contributed by atoms with Gasteiger partial charge < -0.3 is 9.64 Å². The molecule has 0 radical (unpaired) electrons. The lowest BCUT2D eigenvalue weighted by Gasteiger charge is -2.30. The van der Waals surface area contributed by atoms with Crippen LogP contribution in [0.5, 0.6) is 5.75 Å². The highest BCUT2D eigenvalue weighted by molar-refractivity contribution is 5.96. The lowest BCUT2D eigenvalue weighted by Crippen LogP contribution is -2.43. The molecule has 0 aliphatic carbocycles. The van der Waals surface area contributed by atoms with Crippen molar-refractivity contribution in [2.45, 2.75) is 19.8 Å². The van der Waals surface area contributed by atoms with Crippen LogP contribution < -0.4 is 4.74 Å². The van der Waals surface area contributed by atoms with Crippen LogP contribution in [0.4, 0.5) is 0 Å². The van der Waals surface area contributed by atoms with Crippen LogP contribution in [0.3, 0.4) is 0 Å². The van der Waals surface area contributed by atoms with Gasteiger partial charge in [0.05, 0.1) is 6.61 Å². The van der Waals surface area contributed by atoms with Crippen LogP contribution in [0.15, 0.2) is 18.2 Å². The van der Waals surface area contributed by atoms with Gasteiger partial charge in [0.1, 0.15) is 11.5 Å². The van der Waals surface area contributed by atoms with E-state index in [-0.39, 0.29) is 17.6 Å². The summed E-state index contributed by atoms with van der Waals surface area (Å²) >= 11 is 0. The third kappa shape index (κ3) is 2.23. The molecule has 0 aromatic heterocycles. The van der Waals surface area contributed by atoms with Gasteiger partial charge in [0.15, 0.2) is 0 Å². The average Bonchev–Trinajstić information content (AvgIpc) is 2.88. The highest BCUT2D eigenvalue weighted by Crippen LogP contribution is 2.26. The predicted octanol–water partition coefficient (Wildman–Crippen LogP) is 1.67. The molecule has 3 rings (SSSR count). The maximum atomic E-state index is 12.4. The minimum absolute atomic E-state index is 0.0223. The molecule has 4 heteroatoms. The molecule has 1 aromatic rings. The average molecular weight is 259 g/mol. The molecule has 0 bridgehead atoms. The Balaban J connectivity index is 1.79. The summed E-state index contributed by atoms with van der Waals surface area (Å²) in [6, 6.07) is 5.60. The first-order valence-electron chi connectivity index (χ1n) is 6.73. The molecule has 2 aliphatic heterocycles. The molecule has 0 spiro atoms. The zero-order chi connectivity index (χ0) is 13.4. The highest BCUT2D eigenvalue weighted by atomic mass is 16.5. The van der Waals surface area contributed by atoms with Crippen molar-refractivity contribution in [3.8, 4) is 5.75 Å². The van der Waals surface area contributed by atoms with Gasteiger partial charge in [-0.15, -0.1) is 0 Å². The summed E-state index contributed by atoms with van der Waals surface area (Å²) in [5.41, 5.74) is 1.80. The van der Waals surface area contributed by atoms with Crippen molar-refractivity contribution >= 4 is 11.7 Å². The van der Waals surface area contributed by atoms with Gasteiger partial charge in [-0.2, -0.15) is 0 Å². The maximum absolute atomic E-state index is 12.4. The van der Waals surface area contributed by atoms with Crippen molar-refractivity contribution in [1.82, 2.24) is 4.90 Å². The summed E-state index contributed by atoms with van der Waals surface area (Å²) in [6.07, 6.45) is 1.34. The molecule has 1 unspecified atom stereocenters. The van der Waals surface area contributed by atoms with Crippen molar-refractivity contribution in [3.63, 3.8) is 0 Å². The Hall–Kier alpha value is -1.84. The van der Waals surface area contributed by atoms with Crippen molar-refractivity contribution < 1.29 is 14.3 Å². The van der Waals surface area contributed by atoms with Crippen molar-refractivity contribution in [1.29, 1.82) is 0 Å². The molecule has 1 saturated heterocycles. The van der Waals surface area contributed by atoms with Crippen LogP contribution in [0.25, 0.3) is 0 Å². The number of carbonyl (C=O) groups is 2. The minimum Gasteiger partial charge on any atom is -0.493 e. The van der Waals surface area contributed by atoms with Gasteiger partial charge in [-0.3, -0.25) is 9.59 Å². The Morgan fingerprint density at radius 1 is 1.37 bits per heavy atom. The van der Waals surface area contributed by atoms with Gasteiger partial charge in [0, 0.05) is 37.4 Å². The topological polar surface area (TPSA) is 46.6 Å². The molecule has 19 heavy (non-hydrogen) atoms. The summed E-state index contributed by atoms with van der Waals surface area (Å²) in [5.74, 6) is 1.12. The molecule has 0 saturated carbocycles. The van der Waals surface area contributed by atoms with Gasteiger partial charge in [0.25, 0.3) is 5.91 Å². The van der Waals surface area contributed by atoms with E-state index in [1.165, 1.54) is 0 Å². The third-order valence-corrected chi connectivity index (χ3v) is 3.90. The van der Waals surface area contributed by atoms with Gasteiger partial charge in [0.2, 0.25) is 0 Å². The number of amides is 1. The second-order valence-corrected chi connectivity index (χ2v) is 5.29. The van der Waals surface area contributed by atoms with Crippen molar-refractivity contribution in [2.75, 3.05) is 19.7 Å². The number of ketones is 1. The number of rotatable bonds is 1. The molecule has 2 aliphatic rings. The summed E-state index contributed by atoms with van der Waals surface area (Å²) in [4.78, 5) is 25.7. The highest BCUT2D eigenvalue weighted by Gasteiger charge is 2.27. The van der Waals surface area contributed by atoms with E-state index >= 15 is 0 Å². The Labute approximate surface area is 112 Å². The van der Waals surface area contributed by atoms with Crippen molar-refractivity contribution in [2.24, 2.45) is 5.92 Å². The molecule has 2 heterocycles. The lowest BCUT2D eigenvalue weighted by atomic mass is 9.97. The maximum Gasteiger partial charge on any atom is 0.253 e. The lowest BCUT2D eigenvalue weighted by molar-refractivity contribution is -0.124. The van der Waals surface area contributed by atoms with Gasteiger partial charge in [-0.1, -0.05) is 6.92 Å². The van der Waals surface area contributed by atoms with Gasteiger partial charge >= 0.3 is 0 Å². The summed E-state index contributed by atoms with van der Waals surface area (Å²) < 4.78 is 5.44. The van der Waals surface area contributed by atoms with E-state index in [1.807, 2.05) is 25.1 Å². The summed E-state index contributed by atoms with van der Waals surface area (Å²) in [7, 11) is 0. The smallest absolute Gasteiger partial charge is 0.253 e. The van der Waals surface area contributed by atoms with Crippen molar-refractivity contribution in [3.05, 3.63) is 29.3 Å². The number of Topliss-reactive ketones (excluding diaryl/α,β-unsaturated/α-hetero) is 1. The van der Waals surface area contributed by atoms with Gasteiger partial charge in [-0.05, 0) is 23.8 Å². The summed E-state index contributed by atoms with van der Waals surface area (Å²) in [6.45, 7) is 3.65. The Bertz CT molecular complexity index is 538. The number of hydrogen-bond acceptors (Lipinski definition) is 3. The molecular formula is C15H17NO3. The first-order valence-corrected chi connectivity index (χ1v) is 6.73. The molecule has 100 valence electrons. The Kier molecular flexibility index (Phi) is 3.01. The summed E-state index contributed by atoms with van der Waals surface area (Å²) in [5, 5.41) is 0. The van der Waals surface area contributed by atoms with E-state index in [9.17, 15) is 9.59 Å². The van der Waals surface area contributed by atoms with Crippen LogP contribution in [0.1, 0.15) is 29.3 Å². The third-order valence-electron chi connectivity index (χ3n) is 3.90. The fourth-order valence-corrected chi connectivity index (χ4v) is 2.70. The van der Waals surface area contributed by atoms with Crippen LogP contribution in [0.2, 0.25) is 0 Å². The molecule has 1 aromatic carbocycles. The number of fused-ring (bicyclic) bond motifs is 1. The zero-order valence-corrected chi connectivity index (χ0v) is 11.0. The number of nitrogens with zero attached hydrogens (tertiary/aromatic N) is 1. The van der Waals surface area contributed by atoms with E-state index in [4.69, 9.17) is 4.74 Å². The fourth-order valence-electron chi connectivity index (χ4n) is 2.70. The molecule has 1 amide bonds. The van der Waals surface area contributed by atoms with Crippen LogP contribution >= 0.6 is 0 Å². The molecule has 1 atom stereocenters. The Morgan fingerprint density at radius 2 is 2.21 bits per heavy atom. The zero-order valence-electron chi connectivity index (χ0n) is 11.0. The van der Waals surface area contributed by atoms with E-state index in [0.29, 0.717) is 31.7 Å². The normalized spacial score (nSPS) is 22.1. The van der Waals surface area contributed by atoms with Crippen LogP contribution in [0, 0.1) is 5.92 Å². The first-order chi connectivity index (χ1) is 9.15. The molecule has 0 N–H and O–H groups in total. The Morgan fingerprint density at radius 3 is 3.00 bits per heavy atom. The number of ether oxygens (including phenoxy) is 1. The number of benzene rings is 1. The SMILES string of the molecule is CC1CN(C(=O)c2ccc3c(c2)CCO3)CCC1=O. The molecule has 4 nitrogen and oxygen atoms in total. The first kappa shape index (κ1) is 12.2. The monoisotopic (exact) mass is 259 g/mol. The van der Waals surface area contributed by atoms with Crippen LogP contribution in [-0.2, 0) is 11.2 Å². The molecular weight excluding hydrogens is 242 g/mol. The number of carbonyl (C=O) groups excluding carboxylic acids is 2. The number of hydrogen-bond donors (Lipinski definition) is 0. The van der Waals surface area contributed by atoms with E-state index < -0.39 is 0 Å². The van der Waals surface area contributed by atoms with Gasteiger partial charge in [-0.25, -0.2) is 0 Å². The largest absolute Gasteiger partial charge is 0.493 e. The molecule has 1 fully saturated rings.